The molecular formula is C16H15ClN2O. The molecule has 2 aromatic heterocycles. The molecule has 0 unspecified atom stereocenters. The molecule has 20 heavy (non-hydrogen) atoms. The summed E-state index contributed by atoms with van der Waals surface area (Å²) in [4.78, 5) is 4.58. The second kappa shape index (κ2) is 5.27. The van der Waals surface area contributed by atoms with Gasteiger partial charge in [0.15, 0.2) is 0 Å². The molecule has 0 saturated carbocycles. The fourth-order valence-corrected chi connectivity index (χ4v) is 2.48. The maximum Gasteiger partial charge on any atom is 0.138 e. The number of aromatic nitrogens is 2. The molecule has 3 nitrogen and oxygen atoms in total. The highest BCUT2D eigenvalue weighted by molar-refractivity contribution is 6.30. The average molecular weight is 287 g/mol. The molecule has 0 saturated heterocycles. The summed E-state index contributed by atoms with van der Waals surface area (Å²) in [7, 11) is 0. The summed E-state index contributed by atoms with van der Waals surface area (Å²) in [5.41, 5.74) is 4.89. The van der Waals surface area contributed by atoms with Crippen molar-refractivity contribution in [2.24, 2.45) is 0 Å². The summed E-state index contributed by atoms with van der Waals surface area (Å²) >= 11 is 5.99. The first-order chi connectivity index (χ1) is 9.67. The van der Waals surface area contributed by atoms with Crippen LogP contribution in [0.2, 0.25) is 5.02 Å². The number of aryl methyl sites for hydroxylation is 1. The highest BCUT2D eigenvalue weighted by Gasteiger charge is 2.12. The van der Waals surface area contributed by atoms with Crippen molar-refractivity contribution in [3.05, 3.63) is 70.1 Å². The third-order valence-corrected chi connectivity index (χ3v) is 3.65. The predicted molar refractivity (Wildman–Crippen MR) is 80.1 cm³/mol. The molecule has 0 atom stereocenters. The number of imidazole rings is 1. The van der Waals surface area contributed by atoms with Crippen molar-refractivity contribution in [3.63, 3.8) is 0 Å². The zero-order chi connectivity index (χ0) is 14.1. The maximum absolute atomic E-state index is 9.60. The first-order valence-electron chi connectivity index (χ1n) is 6.49. The fourth-order valence-electron chi connectivity index (χ4n) is 2.33. The molecular weight excluding hydrogens is 272 g/mol. The monoisotopic (exact) mass is 286 g/mol. The third kappa shape index (κ3) is 2.42. The van der Waals surface area contributed by atoms with E-state index in [0.717, 1.165) is 17.0 Å². The van der Waals surface area contributed by atoms with Gasteiger partial charge in [-0.3, -0.25) is 0 Å². The number of nitrogens with zero attached hydrogens (tertiary/aromatic N) is 2. The molecule has 0 amide bonds. The summed E-state index contributed by atoms with van der Waals surface area (Å²) in [5, 5.41) is 10.3. The number of hydrogen-bond acceptors (Lipinski definition) is 2. The molecule has 0 aliphatic rings. The molecule has 1 aromatic carbocycles. The number of aliphatic hydroxyl groups excluding tert-OH is 1. The molecule has 3 aromatic rings. The van der Waals surface area contributed by atoms with Crippen LogP contribution in [0.4, 0.5) is 0 Å². The van der Waals surface area contributed by atoms with Gasteiger partial charge in [-0.25, -0.2) is 4.98 Å². The molecule has 0 fully saturated rings. The number of benzene rings is 1. The van der Waals surface area contributed by atoms with E-state index in [1.54, 1.807) is 12.1 Å². The number of aliphatic hydroxyl groups is 1. The normalized spacial score (nSPS) is 11.2. The average Bonchev–Trinajstić information content (AvgIpc) is 2.77. The van der Waals surface area contributed by atoms with Gasteiger partial charge in [-0.2, -0.15) is 0 Å². The van der Waals surface area contributed by atoms with E-state index in [0.29, 0.717) is 11.4 Å². The summed E-state index contributed by atoms with van der Waals surface area (Å²) in [6.45, 7) is 2.03. The number of rotatable bonds is 3. The van der Waals surface area contributed by atoms with Crippen molar-refractivity contribution < 1.29 is 5.11 Å². The van der Waals surface area contributed by atoms with Crippen LogP contribution in [0, 0.1) is 6.92 Å². The number of pyridine rings is 1. The lowest BCUT2D eigenvalue weighted by Crippen LogP contribution is -1.97. The highest BCUT2D eigenvalue weighted by Crippen LogP contribution is 2.19. The minimum Gasteiger partial charge on any atom is -0.390 e. The summed E-state index contributed by atoms with van der Waals surface area (Å²) < 4.78 is 1.88. The van der Waals surface area contributed by atoms with Crippen LogP contribution >= 0.6 is 11.6 Å². The first-order valence-corrected chi connectivity index (χ1v) is 6.87. The molecule has 0 spiro atoms. The standard InChI is InChI=1S/C16H15ClN2O/c1-11-2-4-12(5-3-11)8-14-15(10-20)19-7-6-13(17)9-16(19)18-14/h2-7,9,20H,8,10H2,1H3. The molecule has 4 heteroatoms. The second-order valence-electron chi connectivity index (χ2n) is 4.90. The minimum absolute atomic E-state index is 0.0377. The van der Waals surface area contributed by atoms with Crippen LogP contribution in [0.15, 0.2) is 42.6 Å². The molecule has 0 aliphatic carbocycles. The van der Waals surface area contributed by atoms with Crippen molar-refractivity contribution >= 4 is 17.2 Å². The Hall–Kier alpha value is -1.84. The molecule has 0 aliphatic heterocycles. The summed E-state index contributed by atoms with van der Waals surface area (Å²) in [5.74, 6) is 0. The summed E-state index contributed by atoms with van der Waals surface area (Å²) in [6.07, 6.45) is 2.55. The quantitative estimate of drug-likeness (QED) is 0.801. The Morgan fingerprint density at radius 2 is 1.95 bits per heavy atom. The lowest BCUT2D eigenvalue weighted by molar-refractivity contribution is 0.274. The van der Waals surface area contributed by atoms with Crippen LogP contribution in [0.1, 0.15) is 22.5 Å². The van der Waals surface area contributed by atoms with Crippen LogP contribution in [0.3, 0.4) is 0 Å². The van der Waals surface area contributed by atoms with Crippen molar-refractivity contribution in [2.45, 2.75) is 20.0 Å². The van der Waals surface area contributed by atoms with Gasteiger partial charge in [-0.15, -0.1) is 0 Å². The maximum atomic E-state index is 9.60. The number of halogens is 1. The fraction of sp³-hybridized carbons (Fsp3) is 0.188. The van der Waals surface area contributed by atoms with Gasteiger partial charge < -0.3 is 9.51 Å². The van der Waals surface area contributed by atoms with Gasteiger partial charge in [0.1, 0.15) is 5.65 Å². The van der Waals surface area contributed by atoms with Crippen molar-refractivity contribution in [1.29, 1.82) is 0 Å². The second-order valence-corrected chi connectivity index (χ2v) is 5.34. The predicted octanol–water partition coefficient (Wildman–Crippen LogP) is 3.38. The van der Waals surface area contributed by atoms with Crippen LogP contribution < -0.4 is 0 Å². The smallest absolute Gasteiger partial charge is 0.138 e. The van der Waals surface area contributed by atoms with Crippen molar-refractivity contribution in [1.82, 2.24) is 9.38 Å². The van der Waals surface area contributed by atoms with E-state index >= 15 is 0 Å². The Balaban J connectivity index is 2.04. The Bertz CT molecular complexity index is 747. The van der Waals surface area contributed by atoms with E-state index in [1.807, 2.05) is 10.6 Å². The van der Waals surface area contributed by atoms with Gasteiger partial charge in [0.05, 0.1) is 18.0 Å². The largest absolute Gasteiger partial charge is 0.390 e. The Kier molecular flexibility index (Phi) is 3.47. The minimum atomic E-state index is -0.0377. The third-order valence-electron chi connectivity index (χ3n) is 3.41. The SMILES string of the molecule is Cc1ccc(Cc2nc3cc(Cl)ccn3c2CO)cc1. The van der Waals surface area contributed by atoms with Crippen molar-refractivity contribution in [3.8, 4) is 0 Å². The van der Waals surface area contributed by atoms with Gasteiger partial charge in [0.2, 0.25) is 0 Å². The molecule has 0 radical (unpaired) electrons. The van der Waals surface area contributed by atoms with Gasteiger partial charge in [-0.05, 0) is 18.6 Å². The molecule has 1 N–H and O–H groups in total. The highest BCUT2D eigenvalue weighted by atomic mass is 35.5. The van der Waals surface area contributed by atoms with Crippen molar-refractivity contribution in [2.75, 3.05) is 0 Å². The Labute approximate surface area is 122 Å². The van der Waals surface area contributed by atoms with Gasteiger partial charge in [0.25, 0.3) is 0 Å². The lowest BCUT2D eigenvalue weighted by Gasteiger charge is -2.03. The van der Waals surface area contributed by atoms with Gasteiger partial charge >= 0.3 is 0 Å². The molecule has 0 bridgehead atoms. The molecule has 3 rings (SSSR count). The van der Waals surface area contributed by atoms with E-state index in [4.69, 9.17) is 11.6 Å². The van der Waals surface area contributed by atoms with Gasteiger partial charge in [-0.1, -0.05) is 41.4 Å². The van der Waals surface area contributed by atoms with Gasteiger partial charge in [0, 0.05) is 23.7 Å². The molecule has 102 valence electrons. The van der Waals surface area contributed by atoms with E-state index in [-0.39, 0.29) is 6.61 Å². The number of fused-ring (bicyclic) bond motifs is 1. The zero-order valence-electron chi connectivity index (χ0n) is 11.2. The Morgan fingerprint density at radius 3 is 2.65 bits per heavy atom. The lowest BCUT2D eigenvalue weighted by atomic mass is 10.1. The Morgan fingerprint density at radius 1 is 1.20 bits per heavy atom. The van der Waals surface area contributed by atoms with E-state index in [2.05, 4.69) is 36.2 Å². The zero-order valence-corrected chi connectivity index (χ0v) is 11.9. The first kappa shape index (κ1) is 13.2. The van der Waals surface area contributed by atoms with E-state index in [1.165, 1.54) is 11.1 Å². The van der Waals surface area contributed by atoms with E-state index in [9.17, 15) is 5.11 Å². The van der Waals surface area contributed by atoms with Crippen LogP contribution in [0.25, 0.3) is 5.65 Å². The molecule has 2 heterocycles. The summed E-state index contributed by atoms with van der Waals surface area (Å²) in [6, 6.07) is 12.0. The van der Waals surface area contributed by atoms with Crippen LogP contribution in [0.5, 0.6) is 0 Å². The van der Waals surface area contributed by atoms with Crippen LogP contribution in [-0.4, -0.2) is 14.5 Å². The number of hydrogen-bond donors (Lipinski definition) is 1. The topological polar surface area (TPSA) is 37.5 Å². The van der Waals surface area contributed by atoms with Crippen LogP contribution in [-0.2, 0) is 13.0 Å². The van der Waals surface area contributed by atoms with E-state index < -0.39 is 0 Å².